The first-order valence-electron chi connectivity index (χ1n) is 22.5. The van der Waals surface area contributed by atoms with Crippen molar-refractivity contribution in [2.45, 2.75) is 27.7 Å². The van der Waals surface area contributed by atoms with Crippen LogP contribution in [0, 0.1) is 11.8 Å². The first kappa shape index (κ1) is 69.4. The van der Waals surface area contributed by atoms with E-state index in [0.29, 0.717) is 136 Å². The Balaban J connectivity index is -0.00000108. The highest BCUT2D eigenvalue weighted by molar-refractivity contribution is 5.78. The van der Waals surface area contributed by atoms with Gasteiger partial charge in [0.15, 0.2) is 0 Å². The SMILES string of the molecule is CC(C)CN.CC(C)CNC(=O)CN1CCN(COC=O)CCN(CC(=O)O)CCN(CC(=O)O)CC1.O=C=O.O=C=O.O=COCN1CCN(CC(=O)O)CCN(CC(=O)O)CCN(CC(=O)O)CC1. The Labute approximate surface area is 413 Å². The largest absolute Gasteiger partial charge is 0.480 e. The maximum absolute atomic E-state index is 12.3. The summed E-state index contributed by atoms with van der Waals surface area (Å²) >= 11 is 0. The van der Waals surface area contributed by atoms with Crippen LogP contribution in [-0.2, 0) is 67.0 Å². The van der Waals surface area contributed by atoms with Crippen LogP contribution in [0.3, 0.4) is 0 Å². The minimum Gasteiger partial charge on any atom is -0.480 e. The van der Waals surface area contributed by atoms with E-state index in [2.05, 4.69) is 19.2 Å². The maximum atomic E-state index is 12.3. The Hall–Kier alpha value is -5.84. The van der Waals surface area contributed by atoms with Crippen molar-refractivity contribution in [3.8, 4) is 0 Å². The lowest BCUT2D eigenvalue weighted by atomic mass is 10.2. The molecule has 8 N–H and O–H groups in total. The van der Waals surface area contributed by atoms with Gasteiger partial charge in [0, 0.05) is 111 Å². The third kappa shape index (κ3) is 46.3. The van der Waals surface area contributed by atoms with Crippen LogP contribution in [0.15, 0.2) is 0 Å². The molecule has 0 atom stereocenters. The summed E-state index contributed by atoms with van der Waals surface area (Å²) in [6.07, 6.45) is 0.500. The van der Waals surface area contributed by atoms with Crippen molar-refractivity contribution in [3.05, 3.63) is 0 Å². The van der Waals surface area contributed by atoms with Gasteiger partial charge < -0.3 is 46.1 Å². The number of nitrogens with one attached hydrogen (secondary N) is 1. The third-order valence-corrected chi connectivity index (χ3v) is 9.85. The highest BCUT2D eigenvalue weighted by Gasteiger charge is 2.22. The zero-order valence-corrected chi connectivity index (χ0v) is 41.3. The molecular weight excluding hydrogens is 949 g/mol. The van der Waals surface area contributed by atoms with Crippen LogP contribution in [0.5, 0.6) is 0 Å². The molecule has 0 saturated carbocycles. The van der Waals surface area contributed by atoms with Gasteiger partial charge in [0.1, 0.15) is 13.5 Å². The molecule has 408 valence electrons. The van der Waals surface area contributed by atoms with Crippen LogP contribution < -0.4 is 11.1 Å². The third-order valence-electron chi connectivity index (χ3n) is 9.85. The second-order valence-electron chi connectivity index (χ2n) is 16.6. The van der Waals surface area contributed by atoms with E-state index in [-0.39, 0.29) is 70.9 Å². The molecule has 0 aromatic heterocycles. The van der Waals surface area contributed by atoms with Gasteiger partial charge in [0.25, 0.3) is 12.9 Å². The van der Waals surface area contributed by atoms with Gasteiger partial charge >= 0.3 is 42.1 Å². The van der Waals surface area contributed by atoms with Gasteiger partial charge in [0.2, 0.25) is 5.91 Å². The van der Waals surface area contributed by atoms with E-state index in [0.717, 1.165) is 6.54 Å². The molecule has 2 aliphatic heterocycles. The fourth-order valence-corrected chi connectivity index (χ4v) is 6.17. The van der Waals surface area contributed by atoms with Crippen molar-refractivity contribution in [1.82, 2.24) is 44.5 Å². The summed E-state index contributed by atoms with van der Waals surface area (Å²) in [7, 11) is 0. The van der Waals surface area contributed by atoms with E-state index in [1.807, 2.05) is 23.6 Å². The molecule has 2 aliphatic rings. The molecule has 0 bridgehead atoms. The average molecular weight is 1030 g/mol. The van der Waals surface area contributed by atoms with Crippen molar-refractivity contribution in [2.75, 3.05) is 171 Å². The molecule has 0 aromatic rings. The van der Waals surface area contributed by atoms with Crippen molar-refractivity contribution in [1.29, 1.82) is 0 Å². The molecule has 29 heteroatoms. The topological polar surface area (TPSA) is 388 Å². The van der Waals surface area contributed by atoms with Crippen molar-refractivity contribution >= 4 is 61.0 Å². The number of carbonyl (C=O) groups is 8. The number of hydrogen-bond donors (Lipinski definition) is 7. The van der Waals surface area contributed by atoms with E-state index < -0.39 is 29.8 Å². The fraction of sp³-hybridized carbons (Fsp3) is 0.762. The van der Waals surface area contributed by atoms with Gasteiger partial charge in [-0.3, -0.25) is 77.6 Å². The molecule has 0 unspecified atom stereocenters. The Morgan fingerprint density at radius 3 is 0.817 bits per heavy atom. The second-order valence-corrected chi connectivity index (χ2v) is 16.6. The number of nitrogens with two attached hydrogens (primary N) is 1. The van der Waals surface area contributed by atoms with Gasteiger partial charge in [0.05, 0.1) is 39.3 Å². The zero-order chi connectivity index (χ0) is 54.6. The first-order valence-corrected chi connectivity index (χ1v) is 22.5. The number of carboxylic acid groups (broad SMARTS) is 5. The lowest BCUT2D eigenvalue weighted by Gasteiger charge is -2.33. The van der Waals surface area contributed by atoms with Crippen LogP contribution in [0.1, 0.15) is 27.7 Å². The minimum absolute atomic E-state index is 0.0243. The Morgan fingerprint density at radius 2 is 0.648 bits per heavy atom. The lowest BCUT2D eigenvalue weighted by Crippen LogP contribution is -2.49. The number of aliphatic carboxylic acids is 5. The first-order chi connectivity index (χ1) is 33.6. The van der Waals surface area contributed by atoms with E-state index in [1.54, 1.807) is 29.4 Å². The molecule has 0 aliphatic carbocycles. The van der Waals surface area contributed by atoms with Gasteiger partial charge in [-0.05, 0) is 18.4 Å². The van der Waals surface area contributed by atoms with Crippen molar-refractivity contribution in [2.24, 2.45) is 17.6 Å². The molecule has 29 nitrogen and oxygen atoms in total. The highest BCUT2D eigenvalue weighted by atomic mass is 16.5. The van der Waals surface area contributed by atoms with Gasteiger partial charge in [-0.25, -0.2) is 0 Å². The molecule has 2 heterocycles. The normalized spacial score (nSPS) is 16.8. The summed E-state index contributed by atoms with van der Waals surface area (Å²) in [5.41, 5.74) is 5.17. The number of rotatable bonds is 21. The Morgan fingerprint density at radius 1 is 0.451 bits per heavy atom. The average Bonchev–Trinajstić information content (AvgIpc) is 3.27. The summed E-state index contributed by atoms with van der Waals surface area (Å²) in [6.45, 7) is 16.2. The summed E-state index contributed by atoms with van der Waals surface area (Å²) < 4.78 is 9.69. The quantitative estimate of drug-likeness (QED) is 0.0531. The van der Waals surface area contributed by atoms with Crippen molar-refractivity contribution in [3.63, 3.8) is 0 Å². The van der Waals surface area contributed by atoms with Crippen molar-refractivity contribution < 1.29 is 92.5 Å². The summed E-state index contributed by atoms with van der Waals surface area (Å²) in [6, 6.07) is 0. The van der Waals surface area contributed by atoms with Crippen LogP contribution in [0.4, 0.5) is 0 Å². The predicted molar refractivity (Wildman–Crippen MR) is 246 cm³/mol. The van der Waals surface area contributed by atoms with E-state index >= 15 is 0 Å². The number of hydrogen-bond acceptors (Lipinski definition) is 23. The van der Waals surface area contributed by atoms with Crippen LogP contribution in [0.25, 0.3) is 0 Å². The zero-order valence-electron chi connectivity index (χ0n) is 41.3. The van der Waals surface area contributed by atoms with Gasteiger partial charge in [-0.2, -0.15) is 19.2 Å². The van der Waals surface area contributed by atoms with Crippen LogP contribution >= 0.6 is 0 Å². The van der Waals surface area contributed by atoms with E-state index in [9.17, 15) is 48.6 Å². The van der Waals surface area contributed by atoms with Gasteiger partial charge in [-0.15, -0.1) is 0 Å². The Bertz CT molecular complexity index is 1540. The molecular formula is C42H76N10O19. The summed E-state index contributed by atoms with van der Waals surface area (Å²) in [5, 5.41) is 48.6. The smallest absolute Gasteiger partial charge is 0.373 e. The number of carboxylic acids is 5. The van der Waals surface area contributed by atoms with E-state index in [4.69, 9.17) is 49.7 Å². The standard InChI is InChI=1S/C20H37N5O7.C16H28N4O8.C4H11N.2CO2/c1-17(2)11-21-18(27)12-22-3-4-23(13-19(28)29)5-6-24(14-20(30)31)8-10-25(9-7-22)15-32-16-26;21-13-28-12-20-7-5-18(10-15(24)25)3-1-17(9-14(22)23)2-4-19(6-8-20)11-16(26)27;1-4(2)3-5;2*2-1-3/h16-17H,3-15H2,1-2H3,(H,21,27)(H,28,29)(H,30,31);13H,1-12H2,(H,22,23)(H,24,25)(H,26,27);4H,3,5H2,1-2H3;;. The monoisotopic (exact) mass is 1020 g/mol. The number of carbonyl (C=O) groups excluding carboxylic acids is 7. The molecule has 2 fully saturated rings. The van der Waals surface area contributed by atoms with Crippen LogP contribution in [-0.4, -0.2) is 296 Å². The second kappa shape index (κ2) is 45.3. The lowest BCUT2D eigenvalue weighted by molar-refractivity contribution is -0.193. The molecule has 2 saturated heterocycles. The molecule has 1 amide bonds. The fourth-order valence-electron chi connectivity index (χ4n) is 6.17. The highest BCUT2D eigenvalue weighted by Crippen LogP contribution is 2.04. The molecule has 0 aromatic carbocycles. The molecule has 0 radical (unpaired) electrons. The maximum Gasteiger partial charge on any atom is 0.373 e. The number of ether oxygens (including phenoxy) is 2. The summed E-state index contributed by atoms with van der Waals surface area (Å²) in [5.74, 6) is -3.99. The van der Waals surface area contributed by atoms with E-state index in [1.165, 1.54) is 0 Å². The molecule has 0 spiro atoms. The molecule has 2 rings (SSSR count). The summed E-state index contributed by atoms with van der Waals surface area (Å²) in [4.78, 5) is 136. The Kier molecular flexibility index (Phi) is 44.3. The predicted octanol–water partition coefficient (Wildman–Crippen LogP) is -4.69. The van der Waals surface area contributed by atoms with Gasteiger partial charge in [-0.1, -0.05) is 27.7 Å². The molecule has 71 heavy (non-hydrogen) atoms. The van der Waals surface area contributed by atoms with Crippen LogP contribution in [0.2, 0.25) is 0 Å². The number of nitrogens with zero attached hydrogens (tertiary/aromatic N) is 8. The number of amides is 1. The minimum atomic E-state index is -1.00.